The number of hydrogen-bond donors (Lipinski definition) is 2. The van der Waals surface area contributed by atoms with Crippen LogP contribution in [0.3, 0.4) is 0 Å². The first-order chi connectivity index (χ1) is 8.08. The molecule has 0 fully saturated rings. The fourth-order valence-electron chi connectivity index (χ4n) is 1.33. The number of halogens is 1. The maximum Gasteiger partial charge on any atom is 0.356 e. The van der Waals surface area contributed by atoms with Crippen LogP contribution in [0.25, 0.3) is 11.4 Å². The number of anilines is 1. The predicted octanol–water partition coefficient (Wildman–Crippen LogP) is 1.56. The third-order valence-corrected chi connectivity index (χ3v) is 2.11. The number of pyridine rings is 2. The molecule has 0 radical (unpaired) electrons. The van der Waals surface area contributed by atoms with Gasteiger partial charge in [0.1, 0.15) is 0 Å². The Kier molecular flexibility index (Phi) is 2.70. The number of nitrogens with two attached hydrogens (primary N) is 1. The van der Waals surface area contributed by atoms with E-state index in [9.17, 15) is 9.18 Å². The highest BCUT2D eigenvalue weighted by atomic mass is 19.1. The lowest BCUT2D eigenvalue weighted by Gasteiger charge is -2.03. The summed E-state index contributed by atoms with van der Waals surface area (Å²) < 4.78 is 12.9. The van der Waals surface area contributed by atoms with Crippen molar-refractivity contribution in [2.45, 2.75) is 0 Å². The van der Waals surface area contributed by atoms with Gasteiger partial charge in [-0.2, -0.15) is 4.39 Å². The van der Waals surface area contributed by atoms with Crippen molar-refractivity contribution in [1.82, 2.24) is 9.97 Å². The molecule has 2 aromatic heterocycles. The van der Waals surface area contributed by atoms with E-state index in [1.807, 2.05) is 0 Å². The summed E-state index contributed by atoms with van der Waals surface area (Å²) in [5.41, 5.74) is 5.76. The van der Waals surface area contributed by atoms with Crippen LogP contribution in [0.2, 0.25) is 0 Å². The van der Waals surface area contributed by atoms with E-state index in [4.69, 9.17) is 10.8 Å². The van der Waals surface area contributed by atoms with Crippen LogP contribution < -0.4 is 5.73 Å². The smallest absolute Gasteiger partial charge is 0.356 e. The Morgan fingerprint density at radius 2 is 1.88 bits per heavy atom. The first-order valence-corrected chi connectivity index (χ1v) is 4.70. The van der Waals surface area contributed by atoms with Gasteiger partial charge >= 0.3 is 5.97 Å². The summed E-state index contributed by atoms with van der Waals surface area (Å²) in [5, 5.41) is 8.85. The highest BCUT2D eigenvalue weighted by Gasteiger charge is 2.12. The van der Waals surface area contributed by atoms with Gasteiger partial charge in [0.05, 0.1) is 17.1 Å². The van der Waals surface area contributed by atoms with Gasteiger partial charge in [0.2, 0.25) is 5.95 Å². The number of nitrogen functional groups attached to an aromatic ring is 1. The first-order valence-electron chi connectivity index (χ1n) is 4.70. The average Bonchev–Trinajstić information content (AvgIpc) is 2.29. The van der Waals surface area contributed by atoms with Crippen LogP contribution in [0.4, 0.5) is 10.1 Å². The summed E-state index contributed by atoms with van der Waals surface area (Å²) in [6.07, 6.45) is 0. The van der Waals surface area contributed by atoms with E-state index >= 15 is 0 Å². The maximum absolute atomic E-state index is 12.9. The Morgan fingerprint density at radius 3 is 2.53 bits per heavy atom. The second-order valence-corrected chi connectivity index (χ2v) is 3.29. The largest absolute Gasteiger partial charge is 0.476 e. The van der Waals surface area contributed by atoms with Crippen LogP contribution in [0.1, 0.15) is 10.5 Å². The zero-order valence-electron chi connectivity index (χ0n) is 8.59. The minimum atomic E-state index is -1.24. The molecule has 0 spiro atoms. The van der Waals surface area contributed by atoms with Crippen molar-refractivity contribution in [3.8, 4) is 11.4 Å². The van der Waals surface area contributed by atoms with E-state index in [2.05, 4.69) is 9.97 Å². The molecule has 0 atom stereocenters. The number of rotatable bonds is 2. The molecule has 2 rings (SSSR count). The topological polar surface area (TPSA) is 89.1 Å². The highest BCUT2D eigenvalue weighted by molar-refractivity contribution is 5.91. The van der Waals surface area contributed by atoms with Gasteiger partial charge in [-0.25, -0.2) is 14.8 Å². The molecular formula is C11H8FN3O2. The number of nitrogens with zero attached hydrogens (tertiary/aromatic N) is 2. The van der Waals surface area contributed by atoms with Crippen molar-refractivity contribution in [1.29, 1.82) is 0 Å². The van der Waals surface area contributed by atoms with Gasteiger partial charge in [-0.15, -0.1) is 0 Å². The molecule has 0 amide bonds. The van der Waals surface area contributed by atoms with E-state index in [1.54, 1.807) is 0 Å². The first kappa shape index (κ1) is 11.0. The van der Waals surface area contributed by atoms with Crippen molar-refractivity contribution in [2.24, 2.45) is 0 Å². The minimum Gasteiger partial charge on any atom is -0.476 e. The number of carboxylic acid groups (broad SMARTS) is 1. The molecule has 0 aliphatic rings. The Bertz CT molecular complexity index is 587. The van der Waals surface area contributed by atoms with Crippen molar-refractivity contribution >= 4 is 11.7 Å². The summed E-state index contributed by atoms with van der Waals surface area (Å²) in [5.74, 6) is -1.89. The molecule has 0 aliphatic carbocycles. The van der Waals surface area contributed by atoms with E-state index in [-0.39, 0.29) is 22.8 Å². The Balaban J connectivity index is 2.54. The van der Waals surface area contributed by atoms with Gasteiger partial charge < -0.3 is 10.8 Å². The van der Waals surface area contributed by atoms with Crippen molar-refractivity contribution in [3.05, 3.63) is 42.0 Å². The van der Waals surface area contributed by atoms with Crippen LogP contribution in [-0.4, -0.2) is 21.0 Å². The third-order valence-electron chi connectivity index (χ3n) is 2.11. The number of aromatic nitrogens is 2. The number of carbonyl (C=O) groups is 1. The molecule has 0 unspecified atom stereocenters. The lowest BCUT2D eigenvalue weighted by atomic mass is 10.2. The standard InChI is InChI=1S/C11H8FN3O2/c12-9-3-1-2-7(14-9)8-5-4-6(13)10(15-8)11(16)17/h1-5H,13H2,(H,16,17). The summed E-state index contributed by atoms with van der Waals surface area (Å²) in [7, 11) is 0. The molecule has 5 nitrogen and oxygen atoms in total. The van der Waals surface area contributed by atoms with Crippen LogP contribution >= 0.6 is 0 Å². The molecule has 2 aromatic rings. The minimum absolute atomic E-state index is 0.0534. The number of hydrogen-bond acceptors (Lipinski definition) is 4. The predicted molar refractivity (Wildman–Crippen MR) is 58.8 cm³/mol. The Labute approximate surface area is 95.8 Å². The fourth-order valence-corrected chi connectivity index (χ4v) is 1.33. The van der Waals surface area contributed by atoms with Gasteiger partial charge in [-0.05, 0) is 24.3 Å². The second kappa shape index (κ2) is 4.17. The van der Waals surface area contributed by atoms with Gasteiger partial charge in [-0.1, -0.05) is 6.07 Å². The van der Waals surface area contributed by atoms with Crippen LogP contribution in [-0.2, 0) is 0 Å². The molecule has 0 aromatic carbocycles. The normalized spacial score (nSPS) is 10.2. The number of aromatic carboxylic acids is 1. The summed E-state index contributed by atoms with van der Waals surface area (Å²) in [6.45, 7) is 0. The SMILES string of the molecule is Nc1ccc(-c2cccc(F)n2)nc1C(=O)O. The second-order valence-electron chi connectivity index (χ2n) is 3.29. The zero-order chi connectivity index (χ0) is 12.4. The molecule has 17 heavy (non-hydrogen) atoms. The highest BCUT2D eigenvalue weighted by Crippen LogP contribution is 2.18. The molecule has 6 heteroatoms. The molecule has 3 N–H and O–H groups in total. The zero-order valence-corrected chi connectivity index (χ0v) is 8.59. The van der Waals surface area contributed by atoms with Crippen LogP contribution in [0.15, 0.2) is 30.3 Å². The summed E-state index contributed by atoms with van der Waals surface area (Å²) in [4.78, 5) is 18.3. The Hall–Kier alpha value is -2.50. The summed E-state index contributed by atoms with van der Waals surface area (Å²) in [6, 6.07) is 7.09. The lowest BCUT2D eigenvalue weighted by molar-refractivity contribution is 0.0692. The van der Waals surface area contributed by atoms with Crippen molar-refractivity contribution in [2.75, 3.05) is 5.73 Å². The molecule has 0 aliphatic heterocycles. The van der Waals surface area contributed by atoms with E-state index in [1.165, 1.54) is 30.3 Å². The molecule has 0 saturated heterocycles. The van der Waals surface area contributed by atoms with Crippen LogP contribution in [0, 0.1) is 5.95 Å². The van der Waals surface area contributed by atoms with E-state index in [0.29, 0.717) is 0 Å². The van der Waals surface area contributed by atoms with Crippen molar-refractivity contribution < 1.29 is 14.3 Å². The van der Waals surface area contributed by atoms with E-state index in [0.717, 1.165) is 0 Å². The van der Waals surface area contributed by atoms with Crippen molar-refractivity contribution in [3.63, 3.8) is 0 Å². The number of carboxylic acids is 1. The summed E-state index contributed by atoms with van der Waals surface area (Å²) >= 11 is 0. The lowest BCUT2D eigenvalue weighted by Crippen LogP contribution is -2.06. The molecule has 0 bridgehead atoms. The van der Waals surface area contributed by atoms with Gasteiger partial charge in [-0.3, -0.25) is 0 Å². The quantitative estimate of drug-likeness (QED) is 0.768. The van der Waals surface area contributed by atoms with Gasteiger partial charge in [0, 0.05) is 0 Å². The van der Waals surface area contributed by atoms with Gasteiger partial charge in [0.25, 0.3) is 0 Å². The van der Waals surface area contributed by atoms with E-state index < -0.39 is 11.9 Å². The average molecular weight is 233 g/mol. The van der Waals surface area contributed by atoms with Gasteiger partial charge in [0.15, 0.2) is 5.69 Å². The molecular weight excluding hydrogens is 225 g/mol. The fraction of sp³-hybridized carbons (Fsp3) is 0. The molecule has 86 valence electrons. The monoisotopic (exact) mass is 233 g/mol. The molecule has 2 heterocycles. The molecule has 0 saturated carbocycles. The van der Waals surface area contributed by atoms with Crippen LogP contribution in [0.5, 0.6) is 0 Å². The Morgan fingerprint density at radius 1 is 1.18 bits per heavy atom. The third kappa shape index (κ3) is 2.20. The maximum atomic E-state index is 12.9.